The first-order valence-electron chi connectivity index (χ1n) is 7.75. The summed E-state index contributed by atoms with van der Waals surface area (Å²) in [4.78, 5) is 5.37. The number of nitrogens with zero attached hydrogens (tertiary/aromatic N) is 2. The fourth-order valence-corrected chi connectivity index (χ4v) is 4.67. The third-order valence-electron chi connectivity index (χ3n) is 5.08. The van der Waals surface area contributed by atoms with Crippen LogP contribution < -0.4 is 0 Å². The number of hydrogen-bond donors (Lipinski definition) is 0. The van der Waals surface area contributed by atoms with Crippen molar-refractivity contribution in [3.05, 3.63) is 0 Å². The molecule has 1 saturated carbocycles. The van der Waals surface area contributed by atoms with Crippen molar-refractivity contribution < 1.29 is 0 Å². The highest BCUT2D eigenvalue weighted by Crippen LogP contribution is 2.40. The predicted octanol–water partition coefficient (Wildman–Crippen LogP) is 3.36. The molecule has 1 aliphatic heterocycles. The van der Waals surface area contributed by atoms with Crippen LogP contribution in [0.5, 0.6) is 0 Å². The Bertz CT molecular complexity index is 247. The van der Waals surface area contributed by atoms with Gasteiger partial charge >= 0.3 is 0 Å². The normalized spacial score (nSPS) is 28.3. The minimum Gasteiger partial charge on any atom is -0.301 e. The average molecular weight is 317 g/mol. The summed E-state index contributed by atoms with van der Waals surface area (Å²) in [6.45, 7) is 11.0. The molecule has 18 heavy (non-hydrogen) atoms. The van der Waals surface area contributed by atoms with Crippen LogP contribution in [0.4, 0.5) is 0 Å². The predicted molar refractivity (Wildman–Crippen MR) is 82.5 cm³/mol. The van der Waals surface area contributed by atoms with Gasteiger partial charge in [0.25, 0.3) is 0 Å². The van der Waals surface area contributed by atoms with Crippen molar-refractivity contribution in [3.8, 4) is 0 Å². The fraction of sp³-hybridized carbons (Fsp3) is 1.00. The highest BCUT2D eigenvalue weighted by atomic mass is 79.9. The van der Waals surface area contributed by atoms with Crippen molar-refractivity contribution in [3.63, 3.8) is 0 Å². The third-order valence-corrected chi connectivity index (χ3v) is 6.27. The molecule has 0 aromatic rings. The Morgan fingerprint density at radius 1 is 1.22 bits per heavy atom. The third kappa shape index (κ3) is 3.29. The molecule has 0 N–H and O–H groups in total. The van der Waals surface area contributed by atoms with Crippen LogP contribution in [-0.2, 0) is 0 Å². The van der Waals surface area contributed by atoms with Crippen molar-refractivity contribution in [2.24, 2.45) is 5.41 Å². The molecule has 0 bridgehead atoms. The molecule has 3 heteroatoms. The maximum Gasteiger partial charge on any atom is 0.0235 e. The van der Waals surface area contributed by atoms with Crippen molar-refractivity contribution in [2.75, 3.05) is 38.1 Å². The average Bonchev–Trinajstić information content (AvgIpc) is 3.02. The molecule has 2 nitrogen and oxygen atoms in total. The number of likely N-dealkylation sites (tertiary alicyclic amines) is 1. The van der Waals surface area contributed by atoms with Crippen LogP contribution in [0.3, 0.4) is 0 Å². The summed E-state index contributed by atoms with van der Waals surface area (Å²) in [5, 5.41) is 1.20. The van der Waals surface area contributed by atoms with Gasteiger partial charge in [-0.15, -0.1) is 0 Å². The van der Waals surface area contributed by atoms with Gasteiger partial charge in [-0.05, 0) is 44.3 Å². The lowest BCUT2D eigenvalue weighted by molar-refractivity contribution is 0.173. The van der Waals surface area contributed by atoms with Crippen molar-refractivity contribution in [1.82, 2.24) is 9.80 Å². The largest absolute Gasteiger partial charge is 0.301 e. The quantitative estimate of drug-likeness (QED) is 0.693. The maximum absolute atomic E-state index is 3.77. The van der Waals surface area contributed by atoms with E-state index in [9.17, 15) is 0 Å². The van der Waals surface area contributed by atoms with Crippen molar-refractivity contribution in [1.29, 1.82) is 0 Å². The second kappa shape index (κ2) is 6.71. The van der Waals surface area contributed by atoms with Gasteiger partial charge < -0.3 is 4.90 Å². The summed E-state index contributed by atoms with van der Waals surface area (Å²) in [6, 6.07) is 0.814. The number of alkyl halides is 1. The molecule has 0 radical (unpaired) electrons. The van der Waals surface area contributed by atoms with E-state index in [1.165, 1.54) is 70.2 Å². The number of rotatable bonds is 6. The van der Waals surface area contributed by atoms with E-state index in [-0.39, 0.29) is 0 Å². The minimum atomic E-state index is 0.595. The maximum atomic E-state index is 3.77. The highest BCUT2D eigenvalue weighted by molar-refractivity contribution is 9.09. The molecule has 0 spiro atoms. The zero-order valence-electron chi connectivity index (χ0n) is 12.1. The number of hydrogen-bond acceptors (Lipinski definition) is 2. The van der Waals surface area contributed by atoms with E-state index < -0.39 is 0 Å². The van der Waals surface area contributed by atoms with Gasteiger partial charge in [0.1, 0.15) is 0 Å². The van der Waals surface area contributed by atoms with Gasteiger partial charge in [-0.25, -0.2) is 0 Å². The van der Waals surface area contributed by atoms with Crippen LogP contribution in [0.2, 0.25) is 0 Å². The fourth-order valence-electron chi connectivity index (χ4n) is 3.93. The molecule has 1 aliphatic carbocycles. The monoisotopic (exact) mass is 316 g/mol. The first-order valence-corrected chi connectivity index (χ1v) is 8.87. The minimum absolute atomic E-state index is 0.595. The van der Waals surface area contributed by atoms with E-state index in [0.29, 0.717) is 5.41 Å². The van der Waals surface area contributed by atoms with Gasteiger partial charge in [0, 0.05) is 24.5 Å². The Kier molecular flexibility index (Phi) is 5.52. The Morgan fingerprint density at radius 3 is 2.44 bits per heavy atom. The molecule has 1 unspecified atom stereocenters. The smallest absolute Gasteiger partial charge is 0.0235 e. The zero-order valence-corrected chi connectivity index (χ0v) is 13.7. The number of likely N-dealkylation sites (N-methyl/N-ethyl adjacent to an activating group) is 1. The van der Waals surface area contributed by atoms with E-state index in [1.807, 2.05) is 0 Å². The lowest BCUT2D eigenvalue weighted by atomic mass is 9.88. The SMILES string of the molecule is CCN(CC)C1CCN(CC2(CBr)CCCC2)C1. The van der Waals surface area contributed by atoms with E-state index in [2.05, 4.69) is 39.6 Å². The lowest BCUT2D eigenvalue weighted by Gasteiger charge is -2.32. The van der Waals surface area contributed by atoms with Crippen LogP contribution in [0, 0.1) is 5.41 Å². The topological polar surface area (TPSA) is 6.48 Å². The van der Waals surface area contributed by atoms with Crippen molar-refractivity contribution in [2.45, 2.75) is 52.0 Å². The Morgan fingerprint density at radius 2 is 1.89 bits per heavy atom. The summed E-state index contributed by atoms with van der Waals surface area (Å²) in [6.07, 6.45) is 7.13. The summed E-state index contributed by atoms with van der Waals surface area (Å²) >= 11 is 3.77. The second-order valence-electron chi connectivity index (χ2n) is 6.24. The lowest BCUT2D eigenvalue weighted by Crippen LogP contribution is -2.40. The first kappa shape index (κ1) is 14.8. The van der Waals surface area contributed by atoms with Gasteiger partial charge in [0.2, 0.25) is 0 Å². The van der Waals surface area contributed by atoms with E-state index in [1.54, 1.807) is 0 Å². The first-order chi connectivity index (χ1) is 8.73. The second-order valence-corrected chi connectivity index (χ2v) is 6.80. The molecular formula is C15H29BrN2. The summed E-state index contributed by atoms with van der Waals surface area (Å²) in [5.41, 5.74) is 0.595. The van der Waals surface area contributed by atoms with E-state index in [4.69, 9.17) is 0 Å². The molecule has 106 valence electrons. The van der Waals surface area contributed by atoms with Crippen molar-refractivity contribution >= 4 is 15.9 Å². The molecule has 2 aliphatic rings. The molecule has 0 amide bonds. The highest BCUT2D eigenvalue weighted by Gasteiger charge is 2.37. The van der Waals surface area contributed by atoms with Gasteiger partial charge in [-0.1, -0.05) is 42.6 Å². The molecule has 1 saturated heterocycles. The molecule has 0 aromatic carbocycles. The zero-order chi connectivity index (χ0) is 13.0. The van der Waals surface area contributed by atoms with Crippen LogP contribution in [0.15, 0.2) is 0 Å². The molecule has 1 atom stereocenters. The molecular weight excluding hydrogens is 288 g/mol. The summed E-state index contributed by atoms with van der Waals surface area (Å²) < 4.78 is 0. The van der Waals surface area contributed by atoms with Crippen LogP contribution >= 0.6 is 15.9 Å². The Labute approximate surface area is 121 Å². The van der Waals surface area contributed by atoms with Crippen LogP contribution in [0.25, 0.3) is 0 Å². The molecule has 2 fully saturated rings. The molecule has 0 aromatic heterocycles. The molecule has 1 heterocycles. The Hall–Kier alpha value is 0.400. The van der Waals surface area contributed by atoms with Gasteiger partial charge in [-0.2, -0.15) is 0 Å². The van der Waals surface area contributed by atoms with E-state index in [0.717, 1.165) is 6.04 Å². The van der Waals surface area contributed by atoms with Crippen LogP contribution in [-0.4, -0.2) is 53.9 Å². The van der Waals surface area contributed by atoms with Crippen LogP contribution in [0.1, 0.15) is 46.0 Å². The number of halogens is 1. The summed E-state index contributed by atoms with van der Waals surface area (Å²) in [7, 11) is 0. The molecule has 2 rings (SSSR count). The van der Waals surface area contributed by atoms with Gasteiger partial charge in [0.15, 0.2) is 0 Å². The van der Waals surface area contributed by atoms with Gasteiger partial charge in [-0.3, -0.25) is 4.90 Å². The van der Waals surface area contributed by atoms with Gasteiger partial charge in [0.05, 0.1) is 0 Å². The standard InChI is InChI=1S/C15H29BrN2/c1-3-18(4-2)14-7-10-17(11-14)13-15(12-16)8-5-6-9-15/h14H,3-13H2,1-2H3. The Balaban J connectivity index is 1.85. The van der Waals surface area contributed by atoms with E-state index >= 15 is 0 Å². The summed E-state index contributed by atoms with van der Waals surface area (Å²) in [5.74, 6) is 0.